The second-order valence-electron chi connectivity index (χ2n) is 7.22. The highest BCUT2D eigenvalue weighted by atomic mass is 32.2. The fourth-order valence-electron chi connectivity index (χ4n) is 3.60. The van der Waals surface area contributed by atoms with Crippen molar-refractivity contribution in [3.8, 4) is 5.75 Å². The van der Waals surface area contributed by atoms with Gasteiger partial charge in [-0.25, -0.2) is 8.42 Å². The van der Waals surface area contributed by atoms with Gasteiger partial charge in [-0.2, -0.15) is 4.31 Å². The van der Waals surface area contributed by atoms with E-state index in [-0.39, 0.29) is 29.8 Å². The smallest absolute Gasteiger partial charge is 0.265 e. The largest absolute Gasteiger partial charge is 0.478 e. The Bertz CT molecular complexity index is 1060. The first-order chi connectivity index (χ1) is 14.4. The van der Waals surface area contributed by atoms with Crippen molar-refractivity contribution in [3.63, 3.8) is 0 Å². The summed E-state index contributed by atoms with van der Waals surface area (Å²) < 4.78 is 33.2. The van der Waals surface area contributed by atoms with Crippen LogP contribution in [-0.4, -0.2) is 61.7 Å². The van der Waals surface area contributed by atoms with Crippen LogP contribution in [0.15, 0.2) is 53.4 Å². The van der Waals surface area contributed by atoms with Crippen LogP contribution in [0.2, 0.25) is 0 Å². The van der Waals surface area contributed by atoms with Crippen molar-refractivity contribution in [1.29, 1.82) is 0 Å². The number of hydrogen-bond donors (Lipinski definition) is 1. The van der Waals surface area contributed by atoms with Crippen LogP contribution >= 0.6 is 0 Å². The molecule has 1 N–H and O–H groups in total. The van der Waals surface area contributed by atoms with Gasteiger partial charge in [-0.3, -0.25) is 9.59 Å². The van der Waals surface area contributed by atoms with E-state index in [1.54, 1.807) is 35.2 Å². The minimum Gasteiger partial charge on any atom is -0.478 e. The van der Waals surface area contributed by atoms with Gasteiger partial charge in [0.05, 0.1) is 10.6 Å². The summed E-state index contributed by atoms with van der Waals surface area (Å²) in [4.78, 5) is 26.4. The molecule has 0 radical (unpaired) electrons. The van der Waals surface area contributed by atoms with Crippen molar-refractivity contribution in [3.05, 3.63) is 54.1 Å². The zero-order valence-corrected chi connectivity index (χ0v) is 17.4. The molecular formula is C21H23N3O5S. The molecule has 2 aromatic carbocycles. The molecule has 9 heteroatoms. The van der Waals surface area contributed by atoms with Crippen molar-refractivity contribution < 1.29 is 22.7 Å². The highest BCUT2D eigenvalue weighted by molar-refractivity contribution is 7.89. The van der Waals surface area contributed by atoms with Gasteiger partial charge in [-0.1, -0.05) is 25.1 Å². The molecule has 1 saturated heterocycles. The second kappa shape index (κ2) is 8.08. The second-order valence-corrected chi connectivity index (χ2v) is 9.16. The standard InChI is InChI=1S/C21H23N3O5S/c1-2-18-20(25)22-17-14-16(8-9-19(17)29-18)30(27,28)24-12-10-23(11-13-24)21(26)15-6-4-3-5-7-15/h3-9,14,18H,2,10-13H2,1H3,(H,22,25). The van der Waals surface area contributed by atoms with Gasteiger partial charge in [-0.05, 0) is 36.8 Å². The van der Waals surface area contributed by atoms with Gasteiger partial charge in [0.1, 0.15) is 5.75 Å². The molecule has 0 bridgehead atoms. The first kappa shape index (κ1) is 20.4. The van der Waals surface area contributed by atoms with Gasteiger partial charge < -0.3 is 15.0 Å². The molecule has 0 saturated carbocycles. The number of carbonyl (C=O) groups excluding carboxylic acids is 2. The first-order valence-corrected chi connectivity index (χ1v) is 11.3. The van der Waals surface area contributed by atoms with Crippen LogP contribution in [0, 0.1) is 0 Å². The van der Waals surface area contributed by atoms with Gasteiger partial charge in [0, 0.05) is 31.7 Å². The predicted molar refractivity (Wildman–Crippen MR) is 111 cm³/mol. The van der Waals surface area contributed by atoms with E-state index in [1.807, 2.05) is 13.0 Å². The van der Waals surface area contributed by atoms with Gasteiger partial charge in [-0.15, -0.1) is 0 Å². The maximum absolute atomic E-state index is 13.1. The lowest BCUT2D eigenvalue weighted by atomic mass is 10.2. The van der Waals surface area contributed by atoms with E-state index < -0.39 is 16.1 Å². The fourth-order valence-corrected chi connectivity index (χ4v) is 5.05. The molecular weight excluding hydrogens is 406 g/mol. The monoisotopic (exact) mass is 429 g/mol. The third-order valence-electron chi connectivity index (χ3n) is 5.33. The molecule has 2 aromatic rings. The number of fused-ring (bicyclic) bond motifs is 1. The van der Waals surface area contributed by atoms with Crippen molar-refractivity contribution in [2.24, 2.45) is 0 Å². The van der Waals surface area contributed by atoms with E-state index in [9.17, 15) is 18.0 Å². The number of rotatable bonds is 4. The third kappa shape index (κ3) is 3.78. The number of ether oxygens (including phenoxy) is 1. The number of carbonyl (C=O) groups is 2. The molecule has 30 heavy (non-hydrogen) atoms. The van der Waals surface area contributed by atoms with E-state index in [4.69, 9.17) is 4.74 Å². The number of amides is 2. The molecule has 8 nitrogen and oxygen atoms in total. The summed E-state index contributed by atoms with van der Waals surface area (Å²) in [5.74, 6) is 0.0676. The summed E-state index contributed by atoms with van der Waals surface area (Å²) >= 11 is 0. The van der Waals surface area contributed by atoms with Gasteiger partial charge in [0.25, 0.3) is 11.8 Å². The van der Waals surface area contributed by atoms with Crippen LogP contribution < -0.4 is 10.1 Å². The van der Waals surface area contributed by atoms with E-state index in [0.29, 0.717) is 36.5 Å². The number of anilines is 1. The van der Waals surface area contributed by atoms with E-state index >= 15 is 0 Å². The number of nitrogens with zero attached hydrogens (tertiary/aromatic N) is 2. The molecule has 158 valence electrons. The lowest BCUT2D eigenvalue weighted by Gasteiger charge is -2.34. The summed E-state index contributed by atoms with van der Waals surface area (Å²) in [6.07, 6.45) is -0.0488. The van der Waals surface area contributed by atoms with E-state index in [1.165, 1.54) is 16.4 Å². The van der Waals surface area contributed by atoms with Crippen LogP contribution in [0.5, 0.6) is 5.75 Å². The summed E-state index contributed by atoms with van der Waals surface area (Å²) in [6, 6.07) is 13.4. The minimum atomic E-state index is -3.76. The van der Waals surface area contributed by atoms with Crippen molar-refractivity contribution >= 4 is 27.5 Å². The van der Waals surface area contributed by atoms with Crippen LogP contribution in [0.1, 0.15) is 23.7 Å². The lowest BCUT2D eigenvalue weighted by molar-refractivity contribution is -0.123. The highest BCUT2D eigenvalue weighted by Gasteiger charge is 2.32. The molecule has 4 rings (SSSR count). The molecule has 1 atom stereocenters. The average Bonchev–Trinajstić information content (AvgIpc) is 2.78. The Morgan fingerprint density at radius 3 is 2.47 bits per heavy atom. The lowest BCUT2D eigenvalue weighted by Crippen LogP contribution is -2.50. The SMILES string of the molecule is CCC1Oc2ccc(S(=O)(=O)N3CCN(C(=O)c4ccccc4)CC3)cc2NC1=O. The summed E-state index contributed by atoms with van der Waals surface area (Å²) in [5, 5.41) is 2.72. The maximum atomic E-state index is 13.1. The molecule has 2 amide bonds. The van der Waals surface area contributed by atoms with Crippen LogP contribution in [0.3, 0.4) is 0 Å². The first-order valence-electron chi connectivity index (χ1n) is 9.86. The zero-order valence-electron chi connectivity index (χ0n) is 16.6. The Morgan fingerprint density at radius 1 is 1.10 bits per heavy atom. The van der Waals surface area contributed by atoms with Crippen molar-refractivity contribution in [2.75, 3.05) is 31.5 Å². The topological polar surface area (TPSA) is 96.0 Å². The van der Waals surface area contributed by atoms with Crippen LogP contribution in [0.4, 0.5) is 5.69 Å². The fraction of sp³-hybridized carbons (Fsp3) is 0.333. The molecule has 0 spiro atoms. The quantitative estimate of drug-likeness (QED) is 0.801. The minimum absolute atomic E-state index is 0.0861. The number of benzene rings is 2. The number of piperazine rings is 1. The average molecular weight is 429 g/mol. The Hall–Kier alpha value is -2.91. The molecule has 2 aliphatic rings. The van der Waals surface area contributed by atoms with Crippen molar-refractivity contribution in [2.45, 2.75) is 24.3 Å². The number of nitrogens with one attached hydrogen (secondary N) is 1. The highest BCUT2D eigenvalue weighted by Crippen LogP contribution is 2.33. The Kier molecular flexibility index (Phi) is 5.48. The Labute approximate surface area is 175 Å². The van der Waals surface area contributed by atoms with E-state index in [0.717, 1.165) is 0 Å². The number of hydrogen-bond acceptors (Lipinski definition) is 5. The van der Waals surface area contributed by atoms with E-state index in [2.05, 4.69) is 5.32 Å². The Morgan fingerprint density at radius 2 is 1.80 bits per heavy atom. The predicted octanol–water partition coefficient (Wildman–Crippen LogP) is 1.94. The summed E-state index contributed by atoms with van der Waals surface area (Å²) in [5.41, 5.74) is 0.938. The zero-order chi connectivity index (χ0) is 21.3. The molecule has 1 fully saturated rings. The maximum Gasteiger partial charge on any atom is 0.265 e. The van der Waals surface area contributed by atoms with Crippen LogP contribution in [0.25, 0.3) is 0 Å². The molecule has 0 aliphatic carbocycles. The molecule has 2 aliphatic heterocycles. The normalized spacial score (nSPS) is 19.6. The van der Waals surface area contributed by atoms with Gasteiger partial charge in [0.15, 0.2) is 6.10 Å². The summed E-state index contributed by atoms with van der Waals surface area (Å²) in [6.45, 7) is 2.89. The Balaban J connectivity index is 1.47. The van der Waals surface area contributed by atoms with Gasteiger partial charge >= 0.3 is 0 Å². The number of sulfonamides is 1. The molecule has 2 heterocycles. The van der Waals surface area contributed by atoms with Crippen LogP contribution in [-0.2, 0) is 14.8 Å². The third-order valence-corrected chi connectivity index (χ3v) is 7.22. The van der Waals surface area contributed by atoms with Gasteiger partial charge in [0.2, 0.25) is 10.0 Å². The molecule has 1 unspecified atom stereocenters. The molecule has 0 aromatic heterocycles. The van der Waals surface area contributed by atoms with Crippen molar-refractivity contribution in [1.82, 2.24) is 9.21 Å². The summed E-state index contributed by atoms with van der Waals surface area (Å²) in [7, 11) is -3.76.